The maximum absolute atomic E-state index is 4.23. The van der Waals surface area contributed by atoms with Crippen LogP contribution in [0.3, 0.4) is 0 Å². The molecule has 1 atom stereocenters. The molecule has 0 aliphatic carbocycles. The fraction of sp³-hybridized carbons (Fsp3) is 0.357. The van der Waals surface area contributed by atoms with Crippen LogP contribution in [0.5, 0.6) is 0 Å². The highest BCUT2D eigenvalue weighted by Crippen LogP contribution is 2.22. The maximum atomic E-state index is 4.23. The van der Waals surface area contributed by atoms with E-state index < -0.39 is 0 Å². The third-order valence-corrected chi connectivity index (χ3v) is 3.04. The summed E-state index contributed by atoms with van der Waals surface area (Å²) >= 11 is 0. The van der Waals surface area contributed by atoms with Crippen molar-refractivity contribution >= 4 is 0 Å². The lowest BCUT2D eigenvalue weighted by molar-refractivity contribution is 0.688. The fourth-order valence-electron chi connectivity index (χ4n) is 2.11. The Kier molecular flexibility index (Phi) is 3.59. The molecular weight excluding hydrogens is 210 g/mol. The molecule has 1 heterocycles. The molecule has 17 heavy (non-hydrogen) atoms. The SMILES string of the molecule is CCc1cccc(C(NC)c2cnn(C)c2)c1. The van der Waals surface area contributed by atoms with Crippen molar-refractivity contribution in [3.05, 3.63) is 53.3 Å². The number of hydrogen-bond acceptors (Lipinski definition) is 2. The van der Waals surface area contributed by atoms with Gasteiger partial charge in [0.1, 0.15) is 0 Å². The van der Waals surface area contributed by atoms with Gasteiger partial charge >= 0.3 is 0 Å². The molecule has 0 saturated heterocycles. The maximum Gasteiger partial charge on any atom is 0.0605 e. The molecule has 90 valence electrons. The summed E-state index contributed by atoms with van der Waals surface area (Å²) in [5.74, 6) is 0. The molecule has 2 aromatic rings. The Morgan fingerprint density at radius 3 is 2.76 bits per heavy atom. The standard InChI is InChI=1S/C14H19N3/c1-4-11-6-5-7-12(8-11)14(15-2)13-9-16-17(3)10-13/h5-10,14-15H,4H2,1-3H3. The van der Waals surface area contributed by atoms with Gasteiger partial charge in [0.2, 0.25) is 0 Å². The van der Waals surface area contributed by atoms with E-state index in [1.165, 1.54) is 16.7 Å². The lowest BCUT2D eigenvalue weighted by Crippen LogP contribution is -2.17. The molecule has 2 rings (SSSR count). The van der Waals surface area contributed by atoms with E-state index in [1.54, 1.807) is 0 Å². The fourth-order valence-corrected chi connectivity index (χ4v) is 2.11. The summed E-state index contributed by atoms with van der Waals surface area (Å²) in [4.78, 5) is 0. The van der Waals surface area contributed by atoms with Gasteiger partial charge in [0.15, 0.2) is 0 Å². The van der Waals surface area contributed by atoms with Crippen molar-refractivity contribution in [1.29, 1.82) is 0 Å². The zero-order chi connectivity index (χ0) is 12.3. The molecule has 0 fully saturated rings. The van der Waals surface area contributed by atoms with E-state index in [9.17, 15) is 0 Å². The first-order valence-electron chi connectivity index (χ1n) is 5.99. The Balaban J connectivity index is 2.34. The van der Waals surface area contributed by atoms with Crippen molar-refractivity contribution in [2.24, 2.45) is 7.05 Å². The molecule has 0 amide bonds. The predicted molar refractivity (Wildman–Crippen MR) is 69.9 cm³/mol. The minimum atomic E-state index is 0.218. The second kappa shape index (κ2) is 5.15. The van der Waals surface area contributed by atoms with Gasteiger partial charge in [-0.3, -0.25) is 4.68 Å². The van der Waals surface area contributed by atoms with Gasteiger partial charge in [-0.15, -0.1) is 0 Å². The Morgan fingerprint density at radius 2 is 2.18 bits per heavy atom. The number of nitrogens with one attached hydrogen (secondary N) is 1. The van der Waals surface area contributed by atoms with Gasteiger partial charge in [0.25, 0.3) is 0 Å². The first-order valence-corrected chi connectivity index (χ1v) is 5.99. The number of aryl methyl sites for hydroxylation is 2. The zero-order valence-electron chi connectivity index (χ0n) is 10.6. The highest BCUT2D eigenvalue weighted by molar-refractivity contribution is 5.32. The van der Waals surface area contributed by atoms with Crippen molar-refractivity contribution < 1.29 is 0 Å². The summed E-state index contributed by atoms with van der Waals surface area (Å²) in [6.45, 7) is 2.18. The molecule has 1 unspecified atom stereocenters. The summed E-state index contributed by atoms with van der Waals surface area (Å²) in [5.41, 5.74) is 3.86. The summed E-state index contributed by atoms with van der Waals surface area (Å²) in [6, 6.07) is 8.92. The van der Waals surface area contributed by atoms with Crippen LogP contribution in [0, 0.1) is 0 Å². The van der Waals surface area contributed by atoms with Crippen LogP contribution in [0.15, 0.2) is 36.7 Å². The molecule has 1 aromatic heterocycles. The van der Waals surface area contributed by atoms with Gasteiger partial charge in [0.05, 0.1) is 12.2 Å². The molecule has 0 bridgehead atoms. The van der Waals surface area contributed by atoms with Crippen molar-refractivity contribution in [3.8, 4) is 0 Å². The summed E-state index contributed by atoms with van der Waals surface area (Å²) in [5, 5.41) is 7.58. The number of benzene rings is 1. The summed E-state index contributed by atoms with van der Waals surface area (Å²) in [6.07, 6.45) is 5.04. The van der Waals surface area contributed by atoms with Gasteiger partial charge in [-0.1, -0.05) is 31.2 Å². The van der Waals surface area contributed by atoms with Gasteiger partial charge in [-0.2, -0.15) is 5.10 Å². The minimum Gasteiger partial charge on any atom is -0.309 e. The lowest BCUT2D eigenvalue weighted by atomic mass is 9.99. The highest BCUT2D eigenvalue weighted by Gasteiger charge is 2.13. The second-order valence-electron chi connectivity index (χ2n) is 4.27. The van der Waals surface area contributed by atoms with Crippen LogP contribution in [0.25, 0.3) is 0 Å². The van der Waals surface area contributed by atoms with Crippen LogP contribution in [-0.4, -0.2) is 16.8 Å². The van der Waals surface area contributed by atoms with E-state index in [4.69, 9.17) is 0 Å². The molecule has 0 radical (unpaired) electrons. The largest absolute Gasteiger partial charge is 0.309 e. The molecule has 0 spiro atoms. The van der Waals surface area contributed by atoms with Crippen LogP contribution >= 0.6 is 0 Å². The summed E-state index contributed by atoms with van der Waals surface area (Å²) < 4.78 is 1.84. The second-order valence-corrected chi connectivity index (χ2v) is 4.27. The number of hydrogen-bond donors (Lipinski definition) is 1. The van der Waals surface area contributed by atoms with Gasteiger partial charge in [0, 0.05) is 18.8 Å². The normalized spacial score (nSPS) is 12.6. The number of rotatable bonds is 4. The van der Waals surface area contributed by atoms with Crippen molar-refractivity contribution in [1.82, 2.24) is 15.1 Å². The van der Waals surface area contributed by atoms with Crippen LogP contribution in [-0.2, 0) is 13.5 Å². The summed E-state index contributed by atoms with van der Waals surface area (Å²) in [7, 11) is 3.93. The predicted octanol–water partition coefficient (Wildman–Crippen LogP) is 2.29. The smallest absolute Gasteiger partial charge is 0.0605 e. The third kappa shape index (κ3) is 2.56. The molecule has 1 aromatic carbocycles. The molecule has 0 aliphatic rings. The van der Waals surface area contributed by atoms with Crippen molar-refractivity contribution in [3.63, 3.8) is 0 Å². The Labute approximate surface area is 102 Å². The van der Waals surface area contributed by atoms with Crippen LogP contribution in [0.1, 0.15) is 29.7 Å². The van der Waals surface area contributed by atoms with Crippen molar-refractivity contribution in [2.45, 2.75) is 19.4 Å². The molecule has 0 aliphatic heterocycles. The molecule has 3 heteroatoms. The molecular formula is C14H19N3. The first kappa shape index (κ1) is 11.9. The number of aromatic nitrogens is 2. The van der Waals surface area contributed by atoms with E-state index in [0.29, 0.717) is 0 Å². The molecule has 3 nitrogen and oxygen atoms in total. The Hall–Kier alpha value is -1.61. The van der Waals surface area contributed by atoms with Gasteiger partial charge in [-0.05, 0) is 24.6 Å². The number of nitrogens with zero attached hydrogens (tertiary/aromatic N) is 2. The first-order chi connectivity index (χ1) is 8.24. The van der Waals surface area contributed by atoms with E-state index in [1.807, 2.05) is 25.0 Å². The Morgan fingerprint density at radius 1 is 1.35 bits per heavy atom. The minimum absolute atomic E-state index is 0.218. The molecule has 0 saturated carbocycles. The third-order valence-electron chi connectivity index (χ3n) is 3.04. The van der Waals surface area contributed by atoms with Gasteiger partial charge < -0.3 is 5.32 Å². The van der Waals surface area contributed by atoms with Crippen molar-refractivity contribution in [2.75, 3.05) is 7.05 Å². The average molecular weight is 229 g/mol. The van der Waals surface area contributed by atoms with Crippen LogP contribution in [0.2, 0.25) is 0 Å². The van der Waals surface area contributed by atoms with Crippen LogP contribution in [0.4, 0.5) is 0 Å². The zero-order valence-corrected chi connectivity index (χ0v) is 10.6. The quantitative estimate of drug-likeness (QED) is 0.871. The van der Waals surface area contributed by atoms with E-state index in [-0.39, 0.29) is 6.04 Å². The van der Waals surface area contributed by atoms with E-state index in [0.717, 1.165) is 6.42 Å². The molecule has 1 N–H and O–H groups in total. The van der Waals surface area contributed by atoms with E-state index >= 15 is 0 Å². The monoisotopic (exact) mass is 229 g/mol. The highest BCUT2D eigenvalue weighted by atomic mass is 15.2. The lowest BCUT2D eigenvalue weighted by Gasteiger charge is -2.15. The Bertz CT molecular complexity index is 488. The topological polar surface area (TPSA) is 29.9 Å². The van der Waals surface area contributed by atoms with Gasteiger partial charge in [-0.25, -0.2) is 0 Å². The average Bonchev–Trinajstić information content (AvgIpc) is 2.77. The van der Waals surface area contributed by atoms with E-state index in [2.05, 4.69) is 47.8 Å². The van der Waals surface area contributed by atoms with Crippen LogP contribution < -0.4 is 5.32 Å².